The molecule has 1 fully saturated rings. The molecule has 2 heterocycles. The fourth-order valence-corrected chi connectivity index (χ4v) is 2.02. The van der Waals surface area contributed by atoms with Crippen LogP contribution in [0.5, 0.6) is 0 Å². The lowest BCUT2D eigenvalue weighted by molar-refractivity contribution is -0.137. The lowest BCUT2D eigenvalue weighted by Crippen LogP contribution is -2.45. The van der Waals surface area contributed by atoms with Gasteiger partial charge in [0.25, 0.3) is 0 Å². The quantitative estimate of drug-likeness (QED) is 0.866. The number of ether oxygens (including phenoxy) is 1. The number of amides is 1. The molecule has 0 bridgehead atoms. The average molecular weight is 253 g/mol. The van der Waals surface area contributed by atoms with E-state index < -0.39 is 12.1 Å². The van der Waals surface area contributed by atoms with Gasteiger partial charge in [0.2, 0.25) is 0 Å². The van der Waals surface area contributed by atoms with E-state index in [1.807, 2.05) is 0 Å². The van der Waals surface area contributed by atoms with Crippen molar-refractivity contribution in [2.45, 2.75) is 31.8 Å². The summed E-state index contributed by atoms with van der Waals surface area (Å²) in [6, 6.07) is 3.42. The molecule has 2 rings (SSSR count). The molecule has 0 radical (unpaired) electrons. The van der Waals surface area contributed by atoms with Crippen molar-refractivity contribution in [3.63, 3.8) is 0 Å². The Morgan fingerprint density at radius 1 is 1.56 bits per heavy atom. The van der Waals surface area contributed by atoms with Gasteiger partial charge in [-0.05, 0) is 18.6 Å². The van der Waals surface area contributed by atoms with Crippen molar-refractivity contribution in [3.8, 4) is 0 Å². The Labute approximate surface area is 104 Å². The highest BCUT2D eigenvalue weighted by Gasteiger charge is 2.30. The van der Waals surface area contributed by atoms with Crippen LogP contribution in [0.25, 0.3) is 0 Å². The molecule has 1 N–H and O–H groups in total. The molecule has 98 valence electrons. The van der Waals surface area contributed by atoms with Crippen LogP contribution in [0.3, 0.4) is 0 Å². The van der Waals surface area contributed by atoms with Crippen molar-refractivity contribution in [2.24, 2.45) is 0 Å². The van der Waals surface area contributed by atoms with Gasteiger partial charge in [-0.3, -0.25) is 9.69 Å². The SMILES string of the molecule is O=C(O)CCC1CCOC(=O)N1Cc1ccco1. The van der Waals surface area contributed by atoms with Crippen LogP contribution >= 0.6 is 0 Å². The molecule has 1 aliphatic heterocycles. The molecule has 0 aromatic carbocycles. The van der Waals surface area contributed by atoms with Gasteiger partial charge in [-0.1, -0.05) is 0 Å². The predicted molar refractivity (Wildman–Crippen MR) is 60.9 cm³/mol. The first kappa shape index (κ1) is 12.5. The molecule has 1 saturated heterocycles. The Hall–Kier alpha value is -1.98. The summed E-state index contributed by atoms with van der Waals surface area (Å²) >= 11 is 0. The van der Waals surface area contributed by atoms with Gasteiger partial charge in [0.1, 0.15) is 5.76 Å². The van der Waals surface area contributed by atoms with Crippen LogP contribution in [0.15, 0.2) is 22.8 Å². The number of nitrogens with zero attached hydrogens (tertiary/aromatic N) is 1. The van der Waals surface area contributed by atoms with E-state index in [0.29, 0.717) is 31.8 Å². The van der Waals surface area contributed by atoms with Gasteiger partial charge in [-0.15, -0.1) is 0 Å². The minimum Gasteiger partial charge on any atom is -0.481 e. The third kappa shape index (κ3) is 3.03. The summed E-state index contributed by atoms with van der Waals surface area (Å²) in [5, 5.41) is 8.70. The molecule has 6 heteroatoms. The van der Waals surface area contributed by atoms with Gasteiger partial charge in [0.15, 0.2) is 0 Å². The van der Waals surface area contributed by atoms with Crippen LogP contribution in [0.1, 0.15) is 25.0 Å². The highest BCUT2D eigenvalue weighted by molar-refractivity contribution is 5.69. The van der Waals surface area contributed by atoms with E-state index in [0.717, 1.165) is 0 Å². The standard InChI is InChI=1S/C12H15NO5/c14-11(15)4-3-9-5-7-18-12(16)13(9)8-10-2-1-6-17-10/h1-2,6,9H,3-5,7-8H2,(H,14,15). The maximum atomic E-state index is 11.7. The minimum atomic E-state index is -0.855. The maximum Gasteiger partial charge on any atom is 0.410 e. The van der Waals surface area contributed by atoms with Crippen molar-refractivity contribution in [1.29, 1.82) is 0 Å². The summed E-state index contributed by atoms with van der Waals surface area (Å²) in [4.78, 5) is 23.8. The van der Waals surface area contributed by atoms with Gasteiger partial charge in [0, 0.05) is 18.9 Å². The average Bonchev–Trinajstić information content (AvgIpc) is 2.82. The highest BCUT2D eigenvalue weighted by Crippen LogP contribution is 2.21. The van der Waals surface area contributed by atoms with Crippen molar-refractivity contribution in [2.75, 3.05) is 6.61 Å². The summed E-state index contributed by atoms with van der Waals surface area (Å²) < 4.78 is 10.2. The lowest BCUT2D eigenvalue weighted by Gasteiger charge is -2.34. The van der Waals surface area contributed by atoms with E-state index in [1.165, 1.54) is 11.2 Å². The first-order chi connectivity index (χ1) is 8.66. The topological polar surface area (TPSA) is 80.0 Å². The molecule has 18 heavy (non-hydrogen) atoms. The number of carboxylic acids is 1. The van der Waals surface area contributed by atoms with Crippen LogP contribution in [0.4, 0.5) is 4.79 Å². The number of cyclic esters (lactones) is 1. The van der Waals surface area contributed by atoms with E-state index in [9.17, 15) is 9.59 Å². The number of carboxylic acid groups (broad SMARTS) is 1. The first-order valence-corrected chi connectivity index (χ1v) is 5.84. The smallest absolute Gasteiger partial charge is 0.410 e. The number of furan rings is 1. The van der Waals surface area contributed by atoms with Gasteiger partial charge < -0.3 is 14.3 Å². The Bertz CT molecular complexity index is 414. The number of rotatable bonds is 5. The van der Waals surface area contributed by atoms with Crippen LogP contribution in [-0.2, 0) is 16.1 Å². The largest absolute Gasteiger partial charge is 0.481 e. The van der Waals surface area contributed by atoms with E-state index in [-0.39, 0.29) is 12.5 Å². The Kier molecular flexibility index (Phi) is 3.86. The molecule has 1 aromatic heterocycles. The molecule has 0 spiro atoms. The summed E-state index contributed by atoms with van der Waals surface area (Å²) in [6.45, 7) is 0.661. The molecule has 1 unspecified atom stereocenters. The zero-order valence-electron chi connectivity index (χ0n) is 9.87. The third-order valence-corrected chi connectivity index (χ3v) is 2.95. The molecular weight excluding hydrogens is 238 g/mol. The normalized spacial score (nSPS) is 19.7. The molecule has 1 aliphatic rings. The number of carbonyl (C=O) groups excluding carboxylic acids is 1. The summed E-state index contributed by atoms with van der Waals surface area (Å²) in [5.74, 6) is -0.193. The van der Waals surface area contributed by atoms with Crippen molar-refractivity contribution < 1.29 is 23.8 Å². The van der Waals surface area contributed by atoms with E-state index in [4.69, 9.17) is 14.3 Å². The van der Waals surface area contributed by atoms with E-state index in [2.05, 4.69) is 0 Å². The maximum absolute atomic E-state index is 11.7. The van der Waals surface area contributed by atoms with Gasteiger partial charge in [-0.25, -0.2) is 4.79 Å². The van der Waals surface area contributed by atoms with Crippen LogP contribution in [0.2, 0.25) is 0 Å². The number of carbonyl (C=O) groups is 2. The highest BCUT2D eigenvalue weighted by atomic mass is 16.6. The van der Waals surface area contributed by atoms with Crippen molar-refractivity contribution in [1.82, 2.24) is 4.90 Å². The number of hydrogen-bond donors (Lipinski definition) is 1. The summed E-state index contributed by atoms with van der Waals surface area (Å²) in [7, 11) is 0. The minimum absolute atomic E-state index is 0.0482. The van der Waals surface area contributed by atoms with Gasteiger partial charge >= 0.3 is 12.1 Å². The Morgan fingerprint density at radius 3 is 3.06 bits per heavy atom. The molecule has 1 amide bonds. The molecule has 1 atom stereocenters. The second-order valence-corrected chi connectivity index (χ2v) is 4.20. The zero-order valence-corrected chi connectivity index (χ0v) is 9.87. The lowest BCUT2D eigenvalue weighted by atomic mass is 10.1. The predicted octanol–water partition coefficient (Wildman–Crippen LogP) is 1.86. The van der Waals surface area contributed by atoms with Crippen LogP contribution in [-0.4, -0.2) is 34.7 Å². The van der Waals surface area contributed by atoms with Crippen molar-refractivity contribution >= 4 is 12.1 Å². The molecule has 6 nitrogen and oxygen atoms in total. The molecule has 1 aromatic rings. The second kappa shape index (κ2) is 5.57. The fraction of sp³-hybridized carbons (Fsp3) is 0.500. The van der Waals surface area contributed by atoms with E-state index in [1.54, 1.807) is 12.1 Å². The van der Waals surface area contributed by atoms with Crippen LogP contribution in [0, 0.1) is 0 Å². The molecular formula is C12H15NO5. The first-order valence-electron chi connectivity index (χ1n) is 5.84. The Morgan fingerprint density at radius 2 is 2.39 bits per heavy atom. The third-order valence-electron chi connectivity index (χ3n) is 2.95. The molecule has 0 saturated carbocycles. The van der Waals surface area contributed by atoms with E-state index >= 15 is 0 Å². The van der Waals surface area contributed by atoms with Crippen LogP contribution < -0.4 is 0 Å². The van der Waals surface area contributed by atoms with Crippen molar-refractivity contribution in [3.05, 3.63) is 24.2 Å². The summed E-state index contributed by atoms with van der Waals surface area (Å²) in [5.41, 5.74) is 0. The van der Waals surface area contributed by atoms with Gasteiger partial charge in [-0.2, -0.15) is 0 Å². The number of aliphatic carboxylic acids is 1. The monoisotopic (exact) mass is 253 g/mol. The second-order valence-electron chi connectivity index (χ2n) is 4.20. The molecule has 0 aliphatic carbocycles. The Balaban J connectivity index is 2.00. The zero-order chi connectivity index (χ0) is 13.0. The number of hydrogen-bond acceptors (Lipinski definition) is 4. The van der Waals surface area contributed by atoms with Gasteiger partial charge in [0.05, 0.1) is 19.4 Å². The summed E-state index contributed by atoms with van der Waals surface area (Å²) in [6.07, 6.45) is 2.27. The fourth-order valence-electron chi connectivity index (χ4n) is 2.02.